The Morgan fingerprint density at radius 3 is 2.89 bits per heavy atom. The van der Waals surface area contributed by atoms with E-state index in [0.29, 0.717) is 25.4 Å². The molecule has 104 valence electrons. The van der Waals surface area contributed by atoms with Gasteiger partial charge in [0.1, 0.15) is 0 Å². The largest absolute Gasteiger partial charge is 0.478 e. The number of nitrogens with zero attached hydrogens (tertiary/aromatic N) is 1. The third kappa shape index (κ3) is 5.35. The number of rotatable bonds is 8. The lowest BCUT2D eigenvalue weighted by Gasteiger charge is -2.09. The summed E-state index contributed by atoms with van der Waals surface area (Å²) < 4.78 is 4.80. The number of pyridine rings is 1. The van der Waals surface area contributed by atoms with E-state index in [-0.39, 0.29) is 17.9 Å². The van der Waals surface area contributed by atoms with Crippen molar-refractivity contribution in [3.8, 4) is 0 Å². The summed E-state index contributed by atoms with van der Waals surface area (Å²) in [5.74, 6) is -1.15. The van der Waals surface area contributed by atoms with Crippen LogP contribution in [0.4, 0.5) is 5.69 Å². The Morgan fingerprint density at radius 1 is 1.42 bits per heavy atom. The minimum atomic E-state index is -1.03. The zero-order chi connectivity index (χ0) is 14.1. The SMILES string of the molecule is COCCNC(=O)CCNc1cnccc1C(=O)O. The molecule has 0 aliphatic heterocycles. The summed E-state index contributed by atoms with van der Waals surface area (Å²) in [6, 6.07) is 1.41. The molecule has 0 saturated carbocycles. The predicted molar refractivity (Wildman–Crippen MR) is 69.2 cm³/mol. The third-order valence-corrected chi connectivity index (χ3v) is 2.35. The van der Waals surface area contributed by atoms with Gasteiger partial charge in [-0.15, -0.1) is 0 Å². The van der Waals surface area contributed by atoms with Crippen molar-refractivity contribution in [3.05, 3.63) is 24.0 Å². The number of hydrogen-bond acceptors (Lipinski definition) is 5. The topological polar surface area (TPSA) is 101 Å². The second-order valence-electron chi connectivity index (χ2n) is 3.75. The Kier molecular flexibility index (Phi) is 6.31. The molecule has 1 aromatic rings. The van der Waals surface area contributed by atoms with Crippen LogP contribution in [0.5, 0.6) is 0 Å². The first-order chi connectivity index (χ1) is 9.15. The minimum Gasteiger partial charge on any atom is -0.478 e. The van der Waals surface area contributed by atoms with E-state index in [1.54, 1.807) is 7.11 Å². The molecule has 0 spiro atoms. The van der Waals surface area contributed by atoms with Crippen LogP contribution in [0.3, 0.4) is 0 Å². The summed E-state index contributed by atoms with van der Waals surface area (Å²) >= 11 is 0. The van der Waals surface area contributed by atoms with Crippen LogP contribution in [0.2, 0.25) is 0 Å². The molecular formula is C12H17N3O4. The van der Waals surface area contributed by atoms with Gasteiger partial charge in [-0.3, -0.25) is 9.78 Å². The molecule has 1 rings (SSSR count). The molecule has 19 heavy (non-hydrogen) atoms. The van der Waals surface area contributed by atoms with Gasteiger partial charge in [-0.1, -0.05) is 0 Å². The number of anilines is 1. The van der Waals surface area contributed by atoms with Crippen molar-refractivity contribution >= 4 is 17.6 Å². The van der Waals surface area contributed by atoms with Crippen molar-refractivity contribution in [2.45, 2.75) is 6.42 Å². The second-order valence-corrected chi connectivity index (χ2v) is 3.75. The van der Waals surface area contributed by atoms with Gasteiger partial charge in [0.2, 0.25) is 5.91 Å². The van der Waals surface area contributed by atoms with E-state index in [4.69, 9.17) is 9.84 Å². The first-order valence-corrected chi connectivity index (χ1v) is 5.82. The molecule has 1 heterocycles. The van der Waals surface area contributed by atoms with Crippen LogP contribution >= 0.6 is 0 Å². The average Bonchev–Trinajstić information content (AvgIpc) is 2.39. The van der Waals surface area contributed by atoms with Gasteiger partial charge in [-0.2, -0.15) is 0 Å². The highest BCUT2D eigenvalue weighted by molar-refractivity contribution is 5.93. The molecule has 3 N–H and O–H groups in total. The Morgan fingerprint density at radius 2 is 2.21 bits per heavy atom. The van der Waals surface area contributed by atoms with Gasteiger partial charge in [0.25, 0.3) is 0 Å². The van der Waals surface area contributed by atoms with E-state index in [2.05, 4.69) is 15.6 Å². The van der Waals surface area contributed by atoms with Crippen molar-refractivity contribution in [1.82, 2.24) is 10.3 Å². The Balaban J connectivity index is 2.37. The Hall–Kier alpha value is -2.15. The molecular weight excluding hydrogens is 250 g/mol. The van der Waals surface area contributed by atoms with Gasteiger partial charge >= 0.3 is 5.97 Å². The normalized spacial score (nSPS) is 9.95. The number of aromatic carboxylic acids is 1. The van der Waals surface area contributed by atoms with Crippen LogP contribution in [0.1, 0.15) is 16.8 Å². The number of ether oxygens (including phenoxy) is 1. The summed E-state index contributed by atoms with van der Waals surface area (Å²) in [6.07, 6.45) is 3.08. The molecule has 0 bridgehead atoms. The van der Waals surface area contributed by atoms with E-state index in [9.17, 15) is 9.59 Å². The maximum atomic E-state index is 11.4. The molecule has 7 heteroatoms. The van der Waals surface area contributed by atoms with Gasteiger partial charge < -0.3 is 20.5 Å². The highest BCUT2D eigenvalue weighted by Crippen LogP contribution is 2.12. The van der Waals surface area contributed by atoms with Crippen molar-refractivity contribution < 1.29 is 19.4 Å². The Bertz CT molecular complexity index is 437. The first-order valence-electron chi connectivity index (χ1n) is 5.82. The van der Waals surface area contributed by atoms with Gasteiger partial charge in [-0.05, 0) is 6.07 Å². The predicted octanol–water partition coefficient (Wildman–Crippen LogP) is 0.344. The van der Waals surface area contributed by atoms with Crippen molar-refractivity contribution in [3.63, 3.8) is 0 Å². The molecule has 0 atom stereocenters. The van der Waals surface area contributed by atoms with Gasteiger partial charge in [0, 0.05) is 32.8 Å². The van der Waals surface area contributed by atoms with E-state index < -0.39 is 5.97 Å². The molecule has 0 unspecified atom stereocenters. The smallest absolute Gasteiger partial charge is 0.337 e. The second kappa shape index (κ2) is 8.04. The molecule has 1 aromatic heterocycles. The molecule has 0 aromatic carbocycles. The van der Waals surface area contributed by atoms with Crippen LogP contribution in [0, 0.1) is 0 Å². The summed E-state index contributed by atoms with van der Waals surface area (Å²) in [5, 5.41) is 14.5. The third-order valence-electron chi connectivity index (χ3n) is 2.35. The average molecular weight is 267 g/mol. The van der Waals surface area contributed by atoms with Crippen LogP contribution in [0.15, 0.2) is 18.5 Å². The summed E-state index contributed by atoms with van der Waals surface area (Å²) in [7, 11) is 1.56. The maximum Gasteiger partial charge on any atom is 0.337 e. The quantitative estimate of drug-likeness (QED) is 0.587. The fourth-order valence-electron chi connectivity index (χ4n) is 1.41. The van der Waals surface area contributed by atoms with Crippen LogP contribution in [-0.4, -0.2) is 48.8 Å². The van der Waals surface area contributed by atoms with Crippen LogP contribution in [0.25, 0.3) is 0 Å². The van der Waals surface area contributed by atoms with Crippen LogP contribution in [-0.2, 0) is 9.53 Å². The number of amides is 1. The van der Waals surface area contributed by atoms with E-state index in [1.165, 1.54) is 18.5 Å². The summed E-state index contributed by atoms with van der Waals surface area (Å²) in [4.78, 5) is 26.2. The fourth-order valence-corrected chi connectivity index (χ4v) is 1.41. The number of aromatic nitrogens is 1. The van der Waals surface area contributed by atoms with Crippen molar-refractivity contribution in [2.24, 2.45) is 0 Å². The standard InChI is InChI=1S/C12H17N3O4/c1-19-7-6-15-11(16)3-5-14-10-8-13-4-2-9(10)12(17)18/h2,4,8,14H,3,5-7H2,1H3,(H,15,16)(H,17,18). The molecule has 0 aliphatic carbocycles. The van der Waals surface area contributed by atoms with Crippen molar-refractivity contribution in [1.29, 1.82) is 0 Å². The van der Waals surface area contributed by atoms with Gasteiger partial charge in [0.15, 0.2) is 0 Å². The number of carbonyl (C=O) groups excluding carboxylic acids is 1. The van der Waals surface area contributed by atoms with Gasteiger partial charge in [-0.25, -0.2) is 4.79 Å². The van der Waals surface area contributed by atoms with E-state index in [1.807, 2.05) is 0 Å². The lowest BCUT2D eigenvalue weighted by Crippen LogP contribution is -2.28. The summed E-state index contributed by atoms with van der Waals surface area (Å²) in [6.45, 7) is 1.26. The zero-order valence-corrected chi connectivity index (χ0v) is 10.7. The minimum absolute atomic E-state index is 0.120. The molecule has 0 saturated heterocycles. The van der Waals surface area contributed by atoms with Gasteiger partial charge in [0.05, 0.1) is 24.1 Å². The number of hydrogen-bond donors (Lipinski definition) is 3. The molecule has 7 nitrogen and oxygen atoms in total. The maximum absolute atomic E-state index is 11.4. The Labute approximate surface area is 111 Å². The first kappa shape index (κ1) is 14.9. The summed E-state index contributed by atoms with van der Waals surface area (Å²) in [5.41, 5.74) is 0.537. The monoisotopic (exact) mass is 267 g/mol. The molecule has 0 aliphatic rings. The lowest BCUT2D eigenvalue weighted by atomic mass is 10.2. The fraction of sp³-hybridized carbons (Fsp3) is 0.417. The number of carbonyl (C=O) groups is 2. The van der Waals surface area contributed by atoms with Crippen molar-refractivity contribution in [2.75, 3.05) is 32.1 Å². The number of carboxylic acids is 1. The molecule has 0 radical (unpaired) electrons. The van der Waals surface area contributed by atoms with E-state index in [0.717, 1.165) is 0 Å². The van der Waals surface area contributed by atoms with Crippen LogP contribution < -0.4 is 10.6 Å². The molecule has 0 fully saturated rings. The lowest BCUT2D eigenvalue weighted by molar-refractivity contribution is -0.121. The highest BCUT2D eigenvalue weighted by Gasteiger charge is 2.09. The number of carboxylic acid groups (broad SMARTS) is 1. The highest BCUT2D eigenvalue weighted by atomic mass is 16.5. The zero-order valence-electron chi connectivity index (χ0n) is 10.7. The number of nitrogens with one attached hydrogen (secondary N) is 2. The number of methoxy groups -OCH3 is 1. The molecule has 1 amide bonds. The van der Waals surface area contributed by atoms with E-state index >= 15 is 0 Å².